The first-order valence-electron chi connectivity index (χ1n) is 6.35. The van der Waals surface area contributed by atoms with Gasteiger partial charge in [-0.05, 0) is 39.0 Å². The highest BCUT2D eigenvalue weighted by Crippen LogP contribution is 2.04. The number of rotatable bonds is 2. The van der Waals surface area contributed by atoms with Gasteiger partial charge in [0.2, 0.25) is 0 Å². The van der Waals surface area contributed by atoms with Gasteiger partial charge in [-0.2, -0.15) is 9.78 Å². The van der Waals surface area contributed by atoms with E-state index in [0.717, 1.165) is 0 Å². The topological polar surface area (TPSA) is 64.0 Å². The van der Waals surface area contributed by atoms with E-state index >= 15 is 0 Å². The third-order valence-corrected chi connectivity index (χ3v) is 2.52. The first-order valence-corrected chi connectivity index (χ1v) is 6.35. The van der Waals surface area contributed by atoms with Gasteiger partial charge < -0.3 is 5.32 Å². The van der Waals surface area contributed by atoms with Crippen molar-refractivity contribution < 1.29 is 4.79 Å². The Balaban J connectivity index is 2.40. The first-order chi connectivity index (χ1) is 9.37. The molecule has 1 amide bonds. The smallest absolute Gasteiger partial charge is 0.272 e. The van der Waals surface area contributed by atoms with Crippen molar-refractivity contribution in [1.82, 2.24) is 15.1 Å². The van der Waals surface area contributed by atoms with E-state index in [-0.39, 0.29) is 22.7 Å². The zero-order valence-electron chi connectivity index (χ0n) is 11.8. The van der Waals surface area contributed by atoms with Crippen molar-refractivity contribution in [2.45, 2.75) is 26.3 Å². The van der Waals surface area contributed by atoms with Gasteiger partial charge in [-0.1, -0.05) is 18.2 Å². The minimum atomic E-state index is -0.355. The van der Waals surface area contributed by atoms with Crippen LogP contribution in [0.2, 0.25) is 0 Å². The van der Waals surface area contributed by atoms with Crippen LogP contribution in [-0.2, 0) is 0 Å². The summed E-state index contributed by atoms with van der Waals surface area (Å²) < 4.78 is 1.22. The second-order valence-electron chi connectivity index (χ2n) is 5.51. The molecule has 5 nitrogen and oxygen atoms in total. The lowest BCUT2D eigenvalue weighted by Crippen LogP contribution is -2.41. The maximum Gasteiger partial charge on any atom is 0.272 e. The minimum Gasteiger partial charge on any atom is -0.346 e. The van der Waals surface area contributed by atoms with Gasteiger partial charge in [0.25, 0.3) is 11.5 Å². The van der Waals surface area contributed by atoms with Crippen LogP contribution < -0.4 is 10.9 Å². The van der Waals surface area contributed by atoms with E-state index in [4.69, 9.17) is 0 Å². The van der Waals surface area contributed by atoms with Crippen molar-refractivity contribution in [2.75, 3.05) is 0 Å². The Morgan fingerprint density at radius 1 is 1.10 bits per heavy atom. The number of hydrogen-bond donors (Lipinski definition) is 1. The fourth-order valence-electron chi connectivity index (χ4n) is 1.69. The molecule has 0 aliphatic carbocycles. The summed E-state index contributed by atoms with van der Waals surface area (Å²) in [4.78, 5) is 23.9. The van der Waals surface area contributed by atoms with Crippen LogP contribution in [0.25, 0.3) is 5.69 Å². The molecule has 0 bridgehead atoms. The molecule has 0 saturated heterocycles. The summed E-state index contributed by atoms with van der Waals surface area (Å²) in [6, 6.07) is 11.8. The van der Waals surface area contributed by atoms with Crippen LogP contribution in [0.1, 0.15) is 31.3 Å². The average Bonchev–Trinajstić information content (AvgIpc) is 2.38. The van der Waals surface area contributed by atoms with E-state index in [1.54, 1.807) is 12.1 Å². The van der Waals surface area contributed by atoms with Crippen LogP contribution in [0.5, 0.6) is 0 Å². The van der Waals surface area contributed by atoms with E-state index < -0.39 is 0 Å². The molecule has 0 radical (unpaired) electrons. The van der Waals surface area contributed by atoms with Crippen LogP contribution in [0.4, 0.5) is 0 Å². The van der Waals surface area contributed by atoms with Crippen LogP contribution in [0.15, 0.2) is 47.3 Å². The van der Waals surface area contributed by atoms with E-state index in [2.05, 4.69) is 10.4 Å². The molecule has 0 unspecified atom stereocenters. The Kier molecular flexibility index (Phi) is 3.70. The van der Waals surface area contributed by atoms with Crippen LogP contribution in [0, 0.1) is 0 Å². The van der Waals surface area contributed by atoms with Gasteiger partial charge in [0.05, 0.1) is 5.69 Å². The Labute approximate surface area is 117 Å². The van der Waals surface area contributed by atoms with E-state index in [1.807, 2.05) is 39.0 Å². The fraction of sp³-hybridized carbons (Fsp3) is 0.267. The fourth-order valence-corrected chi connectivity index (χ4v) is 1.69. The number of nitrogens with one attached hydrogen (secondary N) is 1. The molecule has 0 saturated carbocycles. The molecule has 1 heterocycles. The monoisotopic (exact) mass is 271 g/mol. The largest absolute Gasteiger partial charge is 0.346 e. The second kappa shape index (κ2) is 5.28. The molecule has 2 aromatic rings. The van der Waals surface area contributed by atoms with Gasteiger partial charge in [0.1, 0.15) is 5.69 Å². The molecule has 20 heavy (non-hydrogen) atoms. The number of para-hydroxylation sites is 1. The molecule has 2 rings (SSSR count). The summed E-state index contributed by atoms with van der Waals surface area (Å²) in [7, 11) is 0. The lowest BCUT2D eigenvalue weighted by Gasteiger charge is -2.20. The SMILES string of the molecule is CC(C)(C)NC(=O)c1ccc(=O)n(-c2ccccc2)n1. The lowest BCUT2D eigenvalue weighted by molar-refractivity contribution is 0.0912. The van der Waals surface area contributed by atoms with Crippen molar-refractivity contribution in [2.24, 2.45) is 0 Å². The van der Waals surface area contributed by atoms with Crippen LogP contribution >= 0.6 is 0 Å². The predicted molar refractivity (Wildman–Crippen MR) is 77.1 cm³/mol. The number of carbonyl (C=O) groups excluding carboxylic acids is 1. The van der Waals surface area contributed by atoms with Crippen LogP contribution in [0.3, 0.4) is 0 Å². The molecule has 1 N–H and O–H groups in total. The summed E-state index contributed by atoms with van der Waals surface area (Å²) in [5.74, 6) is -0.304. The second-order valence-corrected chi connectivity index (χ2v) is 5.51. The number of hydrogen-bond acceptors (Lipinski definition) is 3. The Morgan fingerprint density at radius 3 is 2.35 bits per heavy atom. The van der Waals surface area contributed by atoms with Crippen molar-refractivity contribution in [3.63, 3.8) is 0 Å². The van der Waals surface area contributed by atoms with E-state index in [1.165, 1.54) is 16.8 Å². The third kappa shape index (κ3) is 3.32. The van der Waals surface area contributed by atoms with Gasteiger partial charge in [-0.25, -0.2) is 0 Å². The van der Waals surface area contributed by atoms with E-state index in [0.29, 0.717) is 5.69 Å². The molecule has 5 heteroatoms. The highest BCUT2D eigenvalue weighted by Gasteiger charge is 2.17. The average molecular weight is 271 g/mol. The Hall–Kier alpha value is -2.43. The molecule has 1 aromatic heterocycles. The molecule has 0 aliphatic rings. The maximum absolute atomic E-state index is 12.1. The molecule has 0 fully saturated rings. The maximum atomic E-state index is 12.1. The standard InChI is InChI=1S/C15H17N3O2/c1-15(2,3)16-14(20)12-9-10-13(19)18(17-12)11-7-5-4-6-8-11/h4-10H,1-3H3,(H,16,20). The molecule has 0 spiro atoms. The molecular weight excluding hydrogens is 254 g/mol. The van der Waals surface area contributed by atoms with Gasteiger partial charge in [-0.3, -0.25) is 9.59 Å². The quantitative estimate of drug-likeness (QED) is 0.905. The zero-order chi connectivity index (χ0) is 14.8. The predicted octanol–water partition coefficient (Wildman–Crippen LogP) is 1.76. The minimum absolute atomic E-state index is 0.211. The highest BCUT2D eigenvalue weighted by atomic mass is 16.2. The number of amides is 1. The summed E-state index contributed by atoms with van der Waals surface area (Å²) >= 11 is 0. The molecule has 1 aromatic carbocycles. The number of benzene rings is 1. The van der Waals surface area contributed by atoms with Gasteiger partial charge in [0, 0.05) is 11.6 Å². The highest BCUT2D eigenvalue weighted by molar-refractivity contribution is 5.92. The summed E-state index contributed by atoms with van der Waals surface area (Å²) in [5, 5.41) is 6.94. The lowest BCUT2D eigenvalue weighted by atomic mass is 10.1. The third-order valence-electron chi connectivity index (χ3n) is 2.52. The molecule has 104 valence electrons. The Bertz CT molecular complexity index is 670. The van der Waals surface area contributed by atoms with E-state index in [9.17, 15) is 9.59 Å². The normalized spacial score (nSPS) is 11.2. The van der Waals surface area contributed by atoms with Gasteiger partial charge in [-0.15, -0.1) is 0 Å². The van der Waals surface area contributed by atoms with Crippen LogP contribution in [-0.4, -0.2) is 21.2 Å². The summed E-state index contributed by atoms with van der Waals surface area (Å²) in [6.07, 6.45) is 0. The van der Waals surface area contributed by atoms with Crippen molar-refractivity contribution >= 4 is 5.91 Å². The number of aromatic nitrogens is 2. The van der Waals surface area contributed by atoms with Gasteiger partial charge >= 0.3 is 0 Å². The van der Waals surface area contributed by atoms with Crippen molar-refractivity contribution in [3.05, 3.63) is 58.5 Å². The van der Waals surface area contributed by atoms with Crippen molar-refractivity contribution in [3.8, 4) is 5.69 Å². The van der Waals surface area contributed by atoms with Gasteiger partial charge in [0.15, 0.2) is 0 Å². The first kappa shape index (κ1) is 14.0. The number of nitrogens with zero attached hydrogens (tertiary/aromatic N) is 2. The molecular formula is C15H17N3O2. The molecule has 0 aliphatic heterocycles. The summed E-state index contributed by atoms with van der Waals surface area (Å²) in [6.45, 7) is 5.66. The Morgan fingerprint density at radius 2 is 1.75 bits per heavy atom. The summed E-state index contributed by atoms with van der Waals surface area (Å²) in [5.41, 5.74) is 0.210. The zero-order valence-corrected chi connectivity index (χ0v) is 11.8. The molecule has 0 atom stereocenters. The van der Waals surface area contributed by atoms with Crippen molar-refractivity contribution in [1.29, 1.82) is 0 Å². The number of carbonyl (C=O) groups is 1.